The van der Waals surface area contributed by atoms with Gasteiger partial charge in [0.15, 0.2) is 24.1 Å². The third-order valence-corrected chi connectivity index (χ3v) is 4.82. The van der Waals surface area contributed by atoms with Gasteiger partial charge in [0.05, 0.1) is 6.33 Å². The molecule has 13 nitrogen and oxygen atoms in total. The van der Waals surface area contributed by atoms with Gasteiger partial charge in [-0.05, 0) is 0 Å². The van der Waals surface area contributed by atoms with Gasteiger partial charge in [-0.25, -0.2) is 9.78 Å². The summed E-state index contributed by atoms with van der Waals surface area (Å²) in [7, 11) is 5.09. The smallest absolute Gasteiger partial charge is 0.350 e. The first-order chi connectivity index (χ1) is 15.0. The number of carbonyl (C=O) groups excluding carboxylic acids is 3. The molecule has 0 spiro atoms. The third kappa shape index (κ3) is 4.42. The molecular formula is C19H25N5O8. The zero-order valence-corrected chi connectivity index (χ0v) is 18.6. The summed E-state index contributed by atoms with van der Waals surface area (Å²) in [6.07, 6.45) is -2.77. The van der Waals surface area contributed by atoms with E-state index in [1.54, 1.807) is 26.0 Å². The number of nitrogens with zero attached hydrogens (tertiary/aromatic N) is 5. The van der Waals surface area contributed by atoms with Crippen LogP contribution in [0.2, 0.25) is 0 Å². The fourth-order valence-electron chi connectivity index (χ4n) is 3.65. The van der Waals surface area contributed by atoms with Crippen LogP contribution in [0.3, 0.4) is 0 Å². The lowest BCUT2D eigenvalue weighted by Gasteiger charge is -2.24. The number of ether oxygens (including phenoxy) is 4. The predicted octanol–water partition coefficient (Wildman–Crippen LogP) is -0.480. The van der Waals surface area contributed by atoms with Crippen LogP contribution in [-0.4, -0.2) is 76.0 Å². The van der Waals surface area contributed by atoms with Gasteiger partial charge in [-0.1, -0.05) is 0 Å². The highest BCUT2D eigenvalue weighted by atomic mass is 16.7. The van der Waals surface area contributed by atoms with E-state index >= 15 is 0 Å². The third-order valence-electron chi connectivity index (χ3n) is 4.82. The highest BCUT2D eigenvalue weighted by Gasteiger charge is 2.51. The van der Waals surface area contributed by atoms with E-state index in [2.05, 4.69) is 9.97 Å². The maximum Gasteiger partial charge on any atom is 0.350 e. The maximum absolute atomic E-state index is 12.5. The number of esters is 3. The SMILES string of the molecule is CC(=O)OC[C@H]1O[C@@H](n2cnc3c(N(C)C)n(C)c(=O)nc32)[C@H](OC(C)=O)[C@@H]1OC(C)=O. The van der Waals surface area contributed by atoms with E-state index < -0.39 is 48.1 Å². The van der Waals surface area contributed by atoms with E-state index in [1.165, 1.54) is 36.2 Å². The Hall–Kier alpha value is -3.48. The van der Waals surface area contributed by atoms with E-state index in [4.69, 9.17) is 18.9 Å². The lowest BCUT2D eigenvalue weighted by Crippen LogP contribution is -2.40. The average molecular weight is 451 g/mol. The molecule has 0 aliphatic carbocycles. The lowest BCUT2D eigenvalue weighted by molar-refractivity contribution is -0.166. The summed E-state index contributed by atoms with van der Waals surface area (Å²) in [5.41, 5.74) is 0.0707. The van der Waals surface area contributed by atoms with Crippen molar-refractivity contribution >= 4 is 34.9 Å². The minimum Gasteiger partial charge on any atom is -0.463 e. The zero-order chi connectivity index (χ0) is 23.7. The van der Waals surface area contributed by atoms with Gasteiger partial charge in [-0.2, -0.15) is 4.98 Å². The van der Waals surface area contributed by atoms with Crippen molar-refractivity contribution in [3.8, 4) is 0 Å². The van der Waals surface area contributed by atoms with Gasteiger partial charge in [-0.3, -0.25) is 23.5 Å². The molecule has 2 aromatic heterocycles. The van der Waals surface area contributed by atoms with Gasteiger partial charge in [-0.15, -0.1) is 0 Å². The van der Waals surface area contributed by atoms with Crippen molar-refractivity contribution in [2.75, 3.05) is 25.6 Å². The molecule has 0 unspecified atom stereocenters. The standard InChI is InChI=1S/C19H25N5O8/c1-9(25)29-7-12-14(30-10(2)26)15(31-11(3)27)18(32-12)24-8-20-13-16(24)21-19(28)23(6)17(13)22(4)5/h8,12,14-15,18H,7H2,1-6H3/t12-,14-,15-,18-/m1/s1. The molecule has 0 bridgehead atoms. The molecule has 174 valence electrons. The number of imidazole rings is 1. The summed E-state index contributed by atoms with van der Waals surface area (Å²) >= 11 is 0. The summed E-state index contributed by atoms with van der Waals surface area (Å²) in [6.45, 7) is 3.38. The molecule has 0 amide bonds. The first-order valence-corrected chi connectivity index (χ1v) is 9.75. The van der Waals surface area contributed by atoms with Crippen LogP contribution in [0.5, 0.6) is 0 Å². The molecule has 1 saturated heterocycles. The molecular weight excluding hydrogens is 426 g/mol. The summed E-state index contributed by atoms with van der Waals surface area (Å²) in [4.78, 5) is 57.5. The van der Waals surface area contributed by atoms with Gasteiger partial charge in [0.2, 0.25) is 0 Å². The second-order valence-corrected chi connectivity index (χ2v) is 7.51. The minimum absolute atomic E-state index is 0.189. The van der Waals surface area contributed by atoms with Crippen LogP contribution in [-0.2, 0) is 40.4 Å². The second kappa shape index (κ2) is 8.94. The number of fused-ring (bicyclic) bond motifs is 1. The molecule has 3 rings (SSSR count). The topological polar surface area (TPSA) is 144 Å². The van der Waals surface area contributed by atoms with E-state index in [-0.39, 0.29) is 12.3 Å². The maximum atomic E-state index is 12.5. The first-order valence-electron chi connectivity index (χ1n) is 9.75. The molecule has 0 aromatic carbocycles. The van der Waals surface area contributed by atoms with Gasteiger partial charge in [0.25, 0.3) is 0 Å². The van der Waals surface area contributed by atoms with E-state index in [1.807, 2.05) is 0 Å². The molecule has 32 heavy (non-hydrogen) atoms. The fraction of sp³-hybridized carbons (Fsp3) is 0.579. The Morgan fingerprint density at radius 2 is 1.72 bits per heavy atom. The van der Waals surface area contributed by atoms with Crippen molar-refractivity contribution in [3.63, 3.8) is 0 Å². The van der Waals surface area contributed by atoms with Crippen LogP contribution < -0.4 is 10.6 Å². The summed E-state index contributed by atoms with van der Waals surface area (Å²) < 4.78 is 24.6. The molecule has 13 heteroatoms. The van der Waals surface area contributed by atoms with Gasteiger partial charge in [0.1, 0.15) is 24.0 Å². The number of anilines is 1. The van der Waals surface area contributed by atoms with Crippen LogP contribution in [0.15, 0.2) is 11.1 Å². The molecule has 1 aliphatic rings. The van der Waals surface area contributed by atoms with Crippen LogP contribution in [0.25, 0.3) is 11.2 Å². The quantitative estimate of drug-likeness (QED) is 0.415. The van der Waals surface area contributed by atoms with Crippen LogP contribution in [0.4, 0.5) is 5.82 Å². The fourth-order valence-corrected chi connectivity index (χ4v) is 3.65. The van der Waals surface area contributed by atoms with Crippen molar-refractivity contribution in [1.29, 1.82) is 0 Å². The molecule has 2 aromatic rings. The van der Waals surface area contributed by atoms with Crippen molar-refractivity contribution < 1.29 is 33.3 Å². The van der Waals surface area contributed by atoms with Gasteiger partial charge >= 0.3 is 23.6 Å². The van der Waals surface area contributed by atoms with E-state index in [0.717, 1.165) is 0 Å². The summed E-state index contributed by atoms with van der Waals surface area (Å²) in [5, 5.41) is 0. The average Bonchev–Trinajstić information content (AvgIpc) is 3.21. The van der Waals surface area contributed by atoms with Crippen molar-refractivity contribution in [2.24, 2.45) is 7.05 Å². The largest absolute Gasteiger partial charge is 0.463 e. The summed E-state index contributed by atoms with van der Waals surface area (Å²) in [5.74, 6) is -1.33. The van der Waals surface area contributed by atoms with E-state index in [9.17, 15) is 19.2 Å². The molecule has 3 heterocycles. The Labute approximate surface area is 182 Å². The van der Waals surface area contributed by atoms with Crippen molar-refractivity contribution in [1.82, 2.24) is 19.1 Å². The molecule has 1 fully saturated rings. The van der Waals surface area contributed by atoms with Crippen LogP contribution >= 0.6 is 0 Å². The Kier molecular flexibility index (Phi) is 6.48. The molecule has 1 aliphatic heterocycles. The normalized spacial score (nSPS) is 22.6. The Balaban J connectivity index is 2.12. The summed E-state index contributed by atoms with van der Waals surface area (Å²) in [6, 6.07) is 0. The number of hydrogen-bond donors (Lipinski definition) is 0. The molecule has 0 radical (unpaired) electrons. The van der Waals surface area contributed by atoms with Crippen molar-refractivity contribution in [2.45, 2.75) is 45.3 Å². The number of rotatable bonds is 6. The first kappa shape index (κ1) is 23.2. The molecule has 0 N–H and O–H groups in total. The number of aromatic nitrogens is 4. The monoisotopic (exact) mass is 451 g/mol. The molecule has 0 saturated carbocycles. The number of carbonyl (C=O) groups is 3. The zero-order valence-electron chi connectivity index (χ0n) is 18.6. The Bertz CT molecular complexity index is 1110. The Morgan fingerprint density at radius 3 is 2.28 bits per heavy atom. The van der Waals surface area contributed by atoms with Crippen LogP contribution in [0.1, 0.15) is 27.0 Å². The Morgan fingerprint density at radius 1 is 1.09 bits per heavy atom. The van der Waals surface area contributed by atoms with Crippen molar-refractivity contribution in [3.05, 3.63) is 16.8 Å². The minimum atomic E-state index is -1.11. The number of hydrogen-bond acceptors (Lipinski definition) is 11. The van der Waals surface area contributed by atoms with Gasteiger partial charge < -0.3 is 23.8 Å². The van der Waals surface area contributed by atoms with Gasteiger partial charge in [0, 0.05) is 41.9 Å². The highest BCUT2D eigenvalue weighted by molar-refractivity contribution is 5.83. The van der Waals surface area contributed by atoms with Crippen LogP contribution in [0, 0.1) is 0 Å². The highest BCUT2D eigenvalue weighted by Crippen LogP contribution is 2.36. The lowest BCUT2D eigenvalue weighted by atomic mass is 10.1. The van der Waals surface area contributed by atoms with E-state index in [0.29, 0.717) is 11.3 Å². The predicted molar refractivity (Wildman–Crippen MR) is 109 cm³/mol. The second-order valence-electron chi connectivity index (χ2n) is 7.51. The molecule has 4 atom stereocenters.